The third-order valence-electron chi connectivity index (χ3n) is 2.84. The first kappa shape index (κ1) is 14.4. The molecule has 0 aromatic rings. The number of carbonyl (C=O) groups is 1. The monoisotopic (exact) mass is 243 g/mol. The number of carbonyl (C=O) groups excluding carboxylic acids is 1. The highest BCUT2D eigenvalue weighted by Crippen LogP contribution is 2.05. The summed E-state index contributed by atoms with van der Waals surface area (Å²) in [5.41, 5.74) is 0. The van der Waals surface area contributed by atoms with Crippen molar-refractivity contribution in [2.75, 3.05) is 40.4 Å². The summed E-state index contributed by atoms with van der Waals surface area (Å²) in [6.45, 7) is 4.93. The Morgan fingerprint density at radius 1 is 1.41 bits per heavy atom. The van der Waals surface area contributed by atoms with E-state index in [1.54, 1.807) is 0 Å². The molecule has 0 aromatic carbocycles. The van der Waals surface area contributed by atoms with Crippen LogP contribution in [0.3, 0.4) is 0 Å². The summed E-state index contributed by atoms with van der Waals surface area (Å²) in [6.07, 6.45) is 1.86. The average molecular weight is 243 g/mol. The second kappa shape index (κ2) is 7.63. The molecule has 0 aromatic heterocycles. The van der Waals surface area contributed by atoms with Crippen LogP contribution in [0.1, 0.15) is 19.8 Å². The van der Waals surface area contributed by atoms with Crippen molar-refractivity contribution in [2.24, 2.45) is 0 Å². The maximum atomic E-state index is 11.7. The van der Waals surface area contributed by atoms with E-state index >= 15 is 0 Å². The van der Waals surface area contributed by atoms with E-state index in [-0.39, 0.29) is 5.91 Å². The molecular formula is C12H25N3O2. The molecule has 0 spiro atoms. The second-order valence-electron chi connectivity index (χ2n) is 5.00. The van der Waals surface area contributed by atoms with Gasteiger partial charge in [-0.2, -0.15) is 0 Å². The summed E-state index contributed by atoms with van der Waals surface area (Å²) < 4.78 is 5.25. The van der Waals surface area contributed by atoms with Crippen LogP contribution in [0.4, 0.5) is 0 Å². The lowest BCUT2D eigenvalue weighted by Crippen LogP contribution is -2.46. The molecule has 100 valence electrons. The number of hydrogen-bond donors (Lipinski definition) is 2. The Morgan fingerprint density at radius 2 is 2.06 bits per heavy atom. The van der Waals surface area contributed by atoms with Crippen molar-refractivity contribution in [3.63, 3.8) is 0 Å². The van der Waals surface area contributed by atoms with Gasteiger partial charge in [0.25, 0.3) is 0 Å². The van der Waals surface area contributed by atoms with E-state index < -0.39 is 0 Å². The molecular weight excluding hydrogens is 218 g/mol. The summed E-state index contributed by atoms with van der Waals surface area (Å²) >= 11 is 0. The Hall–Kier alpha value is -0.650. The van der Waals surface area contributed by atoms with Crippen molar-refractivity contribution in [2.45, 2.75) is 31.8 Å². The van der Waals surface area contributed by atoms with Gasteiger partial charge in [0.05, 0.1) is 6.54 Å². The predicted octanol–water partition coefficient (Wildman–Crippen LogP) is -0.179. The van der Waals surface area contributed by atoms with Crippen molar-refractivity contribution in [3.8, 4) is 0 Å². The maximum Gasteiger partial charge on any atom is 0.234 e. The standard InChI is InChI=1S/C12H25N3O2/c1-10(9-15(2)3)13-8-12(16)14-11-4-6-17-7-5-11/h10-11,13H,4-9H2,1-3H3,(H,14,16). The van der Waals surface area contributed by atoms with Gasteiger partial charge >= 0.3 is 0 Å². The van der Waals surface area contributed by atoms with Crippen LogP contribution in [0.15, 0.2) is 0 Å². The highest BCUT2D eigenvalue weighted by atomic mass is 16.5. The highest BCUT2D eigenvalue weighted by Gasteiger charge is 2.16. The molecule has 1 rings (SSSR count). The quantitative estimate of drug-likeness (QED) is 0.679. The minimum Gasteiger partial charge on any atom is -0.381 e. The summed E-state index contributed by atoms with van der Waals surface area (Å²) in [7, 11) is 4.06. The Balaban J connectivity index is 2.11. The largest absolute Gasteiger partial charge is 0.381 e. The third kappa shape index (κ3) is 6.61. The molecule has 0 radical (unpaired) electrons. The minimum absolute atomic E-state index is 0.0857. The van der Waals surface area contributed by atoms with Crippen LogP contribution in [0, 0.1) is 0 Å². The van der Waals surface area contributed by atoms with Crippen LogP contribution in [0.2, 0.25) is 0 Å². The van der Waals surface area contributed by atoms with E-state index in [2.05, 4.69) is 22.5 Å². The molecule has 5 nitrogen and oxygen atoms in total. The number of amides is 1. The molecule has 17 heavy (non-hydrogen) atoms. The molecule has 0 aliphatic carbocycles. The molecule has 1 aliphatic heterocycles. The second-order valence-corrected chi connectivity index (χ2v) is 5.00. The van der Waals surface area contributed by atoms with E-state index in [1.807, 2.05) is 14.1 Å². The van der Waals surface area contributed by atoms with Gasteiger partial charge in [0.1, 0.15) is 0 Å². The zero-order chi connectivity index (χ0) is 12.7. The molecule has 1 aliphatic rings. The van der Waals surface area contributed by atoms with Crippen LogP contribution in [-0.4, -0.2) is 63.3 Å². The zero-order valence-electron chi connectivity index (χ0n) is 11.2. The van der Waals surface area contributed by atoms with Crippen molar-refractivity contribution in [1.29, 1.82) is 0 Å². The molecule has 5 heteroatoms. The Bertz CT molecular complexity index is 228. The number of ether oxygens (including phenoxy) is 1. The lowest BCUT2D eigenvalue weighted by molar-refractivity contribution is -0.121. The van der Waals surface area contributed by atoms with Gasteiger partial charge in [-0.05, 0) is 33.9 Å². The summed E-state index contributed by atoms with van der Waals surface area (Å²) in [4.78, 5) is 13.8. The third-order valence-corrected chi connectivity index (χ3v) is 2.84. The maximum absolute atomic E-state index is 11.7. The molecule has 0 bridgehead atoms. The van der Waals surface area contributed by atoms with Crippen molar-refractivity contribution < 1.29 is 9.53 Å². The number of nitrogens with one attached hydrogen (secondary N) is 2. The smallest absolute Gasteiger partial charge is 0.234 e. The van der Waals surface area contributed by atoms with Crippen molar-refractivity contribution in [1.82, 2.24) is 15.5 Å². The van der Waals surface area contributed by atoms with Crippen LogP contribution in [-0.2, 0) is 9.53 Å². The molecule has 1 unspecified atom stereocenters. The van der Waals surface area contributed by atoms with Gasteiger partial charge in [-0.15, -0.1) is 0 Å². The van der Waals surface area contributed by atoms with Crippen LogP contribution in [0.25, 0.3) is 0 Å². The molecule has 0 saturated carbocycles. The van der Waals surface area contributed by atoms with E-state index in [0.29, 0.717) is 18.6 Å². The van der Waals surface area contributed by atoms with Crippen LogP contribution >= 0.6 is 0 Å². The Morgan fingerprint density at radius 3 is 2.65 bits per heavy atom. The summed E-state index contributed by atoms with van der Waals surface area (Å²) in [5.74, 6) is 0.0857. The Kier molecular flexibility index (Phi) is 6.47. The minimum atomic E-state index is 0.0857. The first-order valence-corrected chi connectivity index (χ1v) is 6.33. The van der Waals surface area contributed by atoms with Gasteiger partial charge < -0.3 is 20.3 Å². The van der Waals surface area contributed by atoms with E-state index in [0.717, 1.165) is 32.6 Å². The van der Waals surface area contributed by atoms with E-state index in [4.69, 9.17) is 4.74 Å². The fourth-order valence-corrected chi connectivity index (χ4v) is 2.00. The zero-order valence-corrected chi connectivity index (χ0v) is 11.2. The fourth-order valence-electron chi connectivity index (χ4n) is 2.00. The van der Waals surface area contributed by atoms with Gasteiger partial charge in [-0.3, -0.25) is 4.79 Å². The van der Waals surface area contributed by atoms with Gasteiger partial charge in [-0.1, -0.05) is 0 Å². The lowest BCUT2D eigenvalue weighted by Gasteiger charge is -2.24. The van der Waals surface area contributed by atoms with Gasteiger partial charge in [-0.25, -0.2) is 0 Å². The first-order valence-electron chi connectivity index (χ1n) is 6.33. The fraction of sp³-hybridized carbons (Fsp3) is 0.917. The number of likely N-dealkylation sites (N-methyl/N-ethyl adjacent to an activating group) is 1. The van der Waals surface area contributed by atoms with E-state index in [9.17, 15) is 4.79 Å². The van der Waals surface area contributed by atoms with Crippen molar-refractivity contribution >= 4 is 5.91 Å². The van der Waals surface area contributed by atoms with Gasteiger partial charge in [0.2, 0.25) is 5.91 Å². The summed E-state index contributed by atoms with van der Waals surface area (Å²) in [5, 5.41) is 6.25. The average Bonchev–Trinajstić information content (AvgIpc) is 2.27. The van der Waals surface area contributed by atoms with E-state index in [1.165, 1.54) is 0 Å². The molecule has 1 amide bonds. The van der Waals surface area contributed by atoms with Crippen molar-refractivity contribution in [3.05, 3.63) is 0 Å². The van der Waals surface area contributed by atoms with Crippen LogP contribution < -0.4 is 10.6 Å². The molecule has 1 atom stereocenters. The molecule has 2 N–H and O–H groups in total. The predicted molar refractivity (Wildman–Crippen MR) is 68.0 cm³/mol. The molecule has 1 fully saturated rings. The van der Waals surface area contributed by atoms with Gasteiger partial charge in [0, 0.05) is 31.8 Å². The number of rotatable bonds is 6. The number of nitrogens with zero attached hydrogens (tertiary/aromatic N) is 1. The van der Waals surface area contributed by atoms with Crippen LogP contribution in [0.5, 0.6) is 0 Å². The number of hydrogen-bond acceptors (Lipinski definition) is 4. The topological polar surface area (TPSA) is 53.6 Å². The molecule has 1 heterocycles. The normalized spacial score (nSPS) is 19.3. The Labute approximate surface area is 104 Å². The SMILES string of the molecule is CC(CN(C)C)NCC(=O)NC1CCOCC1. The summed E-state index contributed by atoms with van der Waals surface area (Å²) in [6, 6.07) is 0.618. The highest BCUT2D eigenvalue weighted by molar-refractivity contribution is 5.78. The van der Waals surface area contributed by atoms with Gasteiger partial charge in [0.15, 0.2) is 0 Å². The molecule has 1 saturated heterocycles. The first-order chi connectivity index (χ1) is 8.08. The lowest BCUT2D eigenvalue weighted by atomic mass is 10.1.